The molecule has 0 aliphatic rings. The number of hydrazone groups is 1. The van der Waals surface area contributed by atoms with Crippen molar-refractivity contribution in [3.05, 3.63) is 59.7 Å². The van der Waals surface area contributed by atoms with Crippen molar-refractivity contribution in [1.29, 1.82) is 0 Å². The lowest BCUT2D eigenvalue weighted by molar-refractivity contribution is -0.115. The maximum absolute atomic E-state index is 12.1. The number of nitrogens with two attached hydrogens (primary N) is 1. The molecule has 29 heavy (non-hydrogen) atoms. The largest absolute Gasteiger partial charge is 0.366 e. The summed E-state index contributed by atoms with van der Waals surface area (Å²) in [5.41, 5.74) is 9.73. The van der Waals surface area contributed by atoms with Gasteiger partial charge in [0.05, 0.1) is 6.42 Å². The predicted octanol–water partition coefficient (Wildman–Crippen LogP) is 1.88. The Balaban J connectivity index is 1.86. The first kappa shape index (κ1) is 21.3. The number of carbonyl (C=O) groups is 4. The molecule has 150 valence electrons. The highest BCUT2D eigenvalue weighted by molar-refractivity contribution is 6.06. The van der Waals surface area contributed by atoms with Gasteiger partial charge in [0.1, 0.15) is 0 Å². The minimum absolute atomic E-state index is 0.0285. The van der Waals surface area contributed by atoms with Crippen LogP contribution in [0.15, 0.2) is 53.6 Å². The Bertz CT molecular complexity index is 950. The Hall–Kier alpha value is -4.01. The van der Waals surface area contributed by atoms with Gasteiger partial charge in [0.25, 0.3) is 5.91 Å². The van der Waals surface area contributed by atoms with E-state index >= 15 is 0 Å². The first-order valence-electron chi connectivity index (χ1n) is 8.65. The van der Waals surface area contributed by atoms with E-state index in [1.54, 1.807) is 43.3 Å². The van der Waals surface area contributed by atoms with Crippen LogP contribution in [0, 0.1) is 0 Å². The molecule has 0 saturated heterocycles. The van der Waals surface area contributed by atoms with E-state index in [4.69, 9.17) is 5.73 Å². The Morgan fingerprint density at radius 3 is 1.86 bits per heavy atom. The quantitative estimate of drug-likeness (QED) is 0.419. The molecule has 0 heterocycles. The minimum atomic E-state index is -0.550. The SMILES string of the molecule is CC(=O)Nc1ccc(C(=O)N/N=C(\C)CC(=O)Nc2ccc(C(N)=O)cc2)cc1. The summed E-state index contributed by atoms with van der Waals surface area (Å²) in [4.78, 5) is 46.2. The van der Waals surface area contributed by atoms with E-state index in [0.29, 0.717) is 28.2 Å². The highest BCUT2D eigenvalue weighted by atomic mass is 16.2. The van der Waals surface area contributed by atoms with Crippen LogP contribution in [0.2, 0.25) is 0 Å². The maximum atomic E-state index is 12.1. The fraction of sp³-hybridized carbons (Fsp3) is 0.150. The number of benzene rings is 2. The van der Waals surface area contributed by atoms with Crippen LogP contribution >= 0.6 is 0 Å². The van der Waals surface area contributed by atoms with Crippen molar-refractivity contribution in [2.45, 2.75) is 20.3 Å². The highest BCUT2D eigenvalue weighted by Gasteiger charge is 2.08. The van der Waals surface area contributed by atoms with E-state index in [1.807, 2.05) is 0 Å². The number of rotatable bonds is 7. The van der Waals surface area contributed by atoms with Crippen LogP contribution in [0.4, 0.5) is 11.4 Å². The molecule has 9 heteroatoms. The average Bonchev–Trinajstić information content (AvgIpc) is 2.66. The van der Waals surface area contributed by atoms with Crippen LogP contribution in [0.25, 0.3) is 0 Å². The number of primary amides is 1. The van der Waals surface area contributed by atoms with Crippen molar-refractivity contribution < 1.29 is 19.2 Å². The van der Waals surface area contributed by atoms with Gasteiger partial charge in [-0.1, -0.05) is 0 Å². The monoisotopic (exact) mass is 395 g/mol. The topological polar surface area (TPSA) is 143 Å². The molecular formula is C20H21N5O4. The average molecular weight is 395 g/mol. The fourth-order valence-corrected chi connectivity index (χ4v) is 2.31. The maximum Gasteiger partial charge on any atom is 0.271 e. The molecule has 0 fully saturated rings. The lowest BCUT2D eigenvalue weighted by atomic mass is 10.2. The molecule has 0 aromatic heterocycles. The number of hydrogen-bond donors (Lipinski definition) is 4. The molecule has 0 atom stereocenters. The van der Waals surface area contributed by atoms with E-state index in [0.717, 1.165) is 0 Å². The highest BCUT2D eigenvalue weighted by Crippen LogP contribution is 2.10. The second-order valence-corrected chi connectivity index (χ2v) is 6.21. The van der Waals surface area contributed by atoms with Gasteiger partial charge in [-0.15, -0.1) is 0 Å². The molecule has 2 aromatic carbocycles. The Kier molecular flexibility index (Phi) is 7.19. The lowest BCUT2D eigenvalue weighted by Crippen LogP contribution is -2.21. The second kappa shape index (κ2) is 9.79. The lowest BCUT2D eigenvalue weighted by Gasteiger charge is -2.06. The molecular weight excluding hydrogens is 374 g/mol. The molecule has 0 spiro atoms. The van der Waals surface area contributed by atoms with Crippen molar-refractivity contribution in [3.63, 3.8) is 0 Å². The van der Waals surface area contributed by atoms with Crippen molar-refractivity contribution in [3.8, 4) is 0 Å². The Morgan fingerprint density at radius 2 is 1.34 bits per heavy atom. The smallest absolute Gasteiger partial charge is 0.271 e. The molecule has 0 bridgehead atoms. The number of hydrogen-bond acceptors (Lipinski definition) is 5. The molecule has 0 saturated carbocycles. The van der Waals surface area contributed by atoms with Gasteiger partial charge >= 0.3 is 0 Å². The normalized spacial score (nSPS) is 10.8. The summed E-state index contributed by atoms with van der Waals surface area (Å²) in [6, 6.07) is 12.5. The van der Waals surface area contributed by atoms with Gasteiger partial charge in [0, 0.05) is 35.1 Å². The summed E-state index contributed by atoms with van der Waals surface area (Å²) in [7, 11) is 0. The van der Waals surface area contributed by atoms with E-state index in [9.17, 15) is 19.2 Å². The number of amides is 4. The van der Waals surface area contributed by atoms with Crippen LogP contribution in [0.5, 0.6) is 0 Å². The van der Waals surface area contributed by atoms with Gasteiger partial charge in [0.15, 0.2) is 0 Å². The summed E-state index contributed by atoms with van der Waals surface area (Å²) in [5, 5.41) is 9.18. The summed E-state index contributed by atoms with van der Waals surface area (Å²) >= 11 is 0. The van der Waals surface area contributed by atoms with Crippen LogP contribution < -0.4 is 21.8 Å². The molecule has 5 N–H and O–H groups in total. The summed E-state index contributed by atoms with van der Waals surface area (Å²) < 4.78 is 0. The zero-order valence-electron chi connectivity index (χ0n) is 16.0. The van der Waals surface area contributed by atoms with Gasteiger partial charge in [0.2, 0.25) is 17.7 Å². The van der Waals surface area contributed by atoms with Gasteiger partial charge in [-0.3, -0.25) is 19.2 Å². The third kappa shape index (κ3) is 6.90. The Labute approximate surface area is 167 Å². The van der Waals surface area contributed by atoms with Crippen molar-refractivity contribution in [2.24, 2.45) is 10.8 Å². The van der Waals surface area contributed by atoms with E-state index < -0.39 is 11.8 Å². The summed E-state index contributed by atoms with van der Waals surface area (Å²) in [6.07, 6.45) is -0.0285. The first-order chi connectivity index (χ1) is 13.7. The molecule has 9 nitrogen and oxygen atoms in total. The Morgan fingerprint density at radius 1 is 0.828 bits per heavy atom. The molecule has 4 amide bonds. The first-order valence-corrected chi connectivity index (χ1v) is 8.65. The van der Waals surface area contributed by atoms with Crippen molar-refractivity contribution in [2.75, 3.05) is 10.6 Å². The number of nitrogens with one attached hydrogen (secondary N) is 3. The third-order valence-electron chi connectivity index (χ3n) is 3.69. The van der Waals surface area contributed by atoms with E-state index in [2.05, 4.69) is 21.2 Å². The number of nitrogens with zero attached hydrogens (tertiary/aromatic N) is 1. The minimum Gasteiger partial charge on any atom is -0.366 e. The molecule has 0 aliphatic heterocycles. The van der Waals surface area contributed by atoms with E-state index in [1.165, 1.54) is 19.1 Å². The van der Waals surface area contributed by atoms with Gasteiger partial charge in [-0.25, -0.2) is 5.43 Å². The number of carbonyl (C=O) groups excluding carboxylic acids is 4. The summed E-state index contributed by atoms with van der Waals surface area (Å²) in [5.74, 6) is -1.52. The second-order valence-electron chi connectivity index (χ2n) is 6.21. The molecule has 0 radical (unpaired) electrons. The fourth-order valence-electron chi connectivity index (χ4n) is 2.31. The van der Waals surface area contributed by atoms with Crippen molar-refractivity contribution in [1.82, 2.24) is 5.43 Å². The summed E-state index contributed by atoms with van der Waals surface area (Å²) in [6.45, 7) is 3.00. The zero-order chi connectivity index (χ0) is 21.4. The number of anilines is 2. The predicted molar refractivity (Wildman–Crippen MR) is 110 cm³/mol. The molecule has 0 aliphatic carbocycles. The van der Waals surface area contributed by atoms with Gasteiger partial charge in [-0.2, -0.15) is 5.10 Å². The molecule has 2 rings (SSSR count). The van der Waals surface area contributed by atoms with Crippen molar-refractivity contribution >= 4 is 40.7 Å². The van der Waals surface area contributed by atoms with Crippen LogP contribution in [0.1, 0.15) is 41.0 Å². The standard InChI is InChI=1S/C20H21N5O4/c1-12(11-18(27)23-17-7-3-14(4-8-17)19(21)28)24-25-20(29)15-5-9-16(10-6-15)22-13(2)26/h3-10H,11H2,1-2H3,(H2,21,28)(H,22,26)(H,23,27)(H,25,29)/b24-12+. The van der Waals surface area contributed by atoms with Gasteiger partial charge < -0.3 is 16.4 Å². The third-order valence-corrected chi connectivity index (χ3v) is 3.69. The zero-order valence-corrected chi connectivity index (χ0v) is 16.0. The van der Waals surface area contributed by atoms with E-state index in [-0.39, 0.29) is 18.2 Å². The van der Waals surface area contributed by atoms with Crippen LogP contribution in [0.3, 0.4) is 0 Å². The van der Waals surface area contributed by atoms with Crippen LogP contribution in [-0.4, -0.2) is 29.3 Å². The van der Waals surface area contributed by atoms with Crippen LogP contribution in [-0.2, 0) is 9.59 Å². The molecule has 2 aromatic rings. The van der Waals surface area contributed by atoms with Gasteiger partial charge in [-0.05, 0) is 55.5 Å². The molecule has 0 unspecified atom stereocenters.